The molecule has 128 valence electrons. The van der Waals surface area contributed by atoms with Crippen LogP contribution in [0.15, 0.2) is 36.5 Å². The second kappa shape index (κ2) is 7.59. The number of benzene rings is 1. The Labute approximate surface area is 143 Å². The summed E-state index contributed by atoms with van der Waals surface area (Å²) in [6.45, 7) is 4.43. The quantitative estimate of drug-likeness (QED) is 0.928. The minimum atomic E-state index is 0.0142. The third-order valence-corrected chi connectivity index (χ3v) is 4.46. The van der Waals surface area contributed by atoms with Gasteiger partial charge in [-0.25, -0.2) is 0 Å². The Morgan fingerprint density at radius 2 is 1.92 bits per heavy atom. The summed E-state index contributed by atoms with van der Waals surface area (Å²) in [6.07, 6.45) is 2.90. The molecule has 0 bridgehead atoms. The second-order valence-electron chi connectivity index (χ2n) is 6.38. The number of nitrogens with zero attached hydrogens (tertiary/aromatic N) is 4. The van der Waals surface area contributed by atoms with Crippen LogP contribution < -0.4 is 5.32 Å². The first-order valence-electron chi connectivity index (χ1n) is 8.41. The zero-order valence-corrected chi connectivity index (χ0v) is 14.4. The zero-order valence-electron chi connectivity index (χ0n) is 14.4. The first-order chi connectivity index (χ1) is 11.6. The number of nitrogens with one attached hydrogen (secondary N) is 1. The van der Waals surface area contributed by atoms with Crippen LogP contribution in [0.3, 0.4) is 0 Å². The molecular weight excluding hydrogens is 302 g/mol. The van der Waals surface area contributed by atoms with Gasteiger partial charge in [-0.15, -0.1) is 0 Å². The smallest absolute Gasteiger partial charge is 0.239 e. The van der Waals surface area contributed by atoms with Gasteiger partial charge in [0.15, 0.2) is 0 Å². The lowest BCUT2D eigenvalue weighted by molar-refractivity contribution is -0.117. The summed E-state index contributed by atoms with van der Waals surface area (Å²) in [7, 11) is 3.98. The maximum Gasteiger partial charge on any atom is 0.239 e. The number of anilines is 1. The van der Waals surface area contributed by atoms with Gasteiger partial charge in [0, 0.05) is 25.7 Å². The van der Waals surface area contributed by atoms with Gasteiger partial charge in [0.1, 0.15) is 5.82 Å². The van der Waals surface area contributed by atoms with Gasteiger partial charge in [0.2, 0.25) is 5.91 Å². The van der Waals surface area contributed by atoms with Crippen LogP contribution in [0.4, 0.5) is 5.82 Å². The molecule has 0 radical (unpaired) electrons. The molecule has 3 rings (SSSR count). The average Bonchev–Trinajstić information content (AvgIpc) is 2.80. The minimum Gasteiger partial charge on any atom is -0.309 e. The van der Waals surface area contributed by atoms with Crippen molar-refractivity contribution in [1.29, 1.82) is 0 Å². The van der Waals surface area contributed by atoms with Crippen LogP contribution in [-0.4, -0.2) is 65.3 Å². The number of aryl methyl sites for hydroxylation is 1. The Hall–Kier alpha value is -2.18. The third kappa shape index (κ3) is 4.01. The minimum absolute atomic E-state index is 0.0142. The van der Waals surface area contributed by atoms with E-state index < -0.39 is 0 Å². The first kappa shape index (κ1) is 16.7. The lowest BCUT2D eigenvalue weighted by atomic mass is 10.1. The predicted octanol–water partition coefficient (Wildman–Crippen LogP) is 1.66. The van der Waals surface area contributed by atoms with Crippen molar-refractivity contribution < 1.29 is 4.79 Å². The molecule has 1 aromatic carbocycles. The van der Waals surface area contributed by atoms with Crippen molar-refractivity contribution in [2.45, 2.75) is 6.42 Å². The largest absolute Gasteiger partial charge is 0.309 e. The molecule has 24 heavy (non-hydrogen) atoms. The van der Waals surface area contributed by atoms with Crippen LogP contribution in [0.1, 0.15) is 6.42 Å². The number of carbonyl (C=O) groups excluding carboxylic acids is 1. The molecule has 6 heteroatoms. The molecule has 1 fully saturated rings. The van der Waals surface area contributed by atoms with Crippen molar-refractivity contribution in [1.82, 2.24) is 19.6 Å². The van der Waals surface area contributed by atoms with Crippen LogP contribution in [0.5, 0.6) is 0 Å². The molecule has 0 aliphatic carbocycles. The van der Waals surface area contributed by atoms with E-state index in [1.54, 1.807) is 10.9 Å². The normalized spacial score (nSPS) is 16.8. The number of amides is 1. The molecule has 1 saturated heterocycles. The van der Waals surface area contributed by atoms with E-state index in [9.17, 15) is 4.79 Å². The molecule has 0 saturated carbocycles. The predicted molar refractivity (Wildman–Crippen MR) is 95.8 cm³/mol. The molecule has 1 aliphatic heterocycles. The van der Waals surface area contributed by atoms with E-state index in [0.29, 0.717) is 6.54 Å². The molecule has 1 N–H and O–H groups in total. The molecule has 6 nitrogen and oxygen atoms in total. The van der Waals surface area contributed by atoms with E-state index in [-0.39, 0.29) is 5.91 Å². The Morgan fingerprint density at radius 3 is 2.71 bits per heavy atom. The molecule has 2 aromatic rings. The summed E-state index contributed by atoms with van der Waals surface area (Å²) < 4.78 is 1.72. The molecule has 1 amide bonds. The maximum absolute atomic E-state index is 12.5. The molecule has 0 atom stereocenters. The van der Waals surface area contributed by atoms with Crippen molar-refractivity contribution >= 4 is 11.7 Å². The van der Waals surface area contributed by atoms with Crippen molar-refractivity contribution in [3.63, 3.8) is 0 Å². The number of hydrogen-bond acceptors (Lipinski definition) is 4. The highest BCUT2D eigenvalue weighted by molar-refractivity contribution is 5.95. The van der Waals surface area contributed by atoms with Gasteiger partial charge in [0.05, 0.1) is 12.7 Å². The van der Waals surface area contributed by atoms with Crippen molar-refractivity contribution in [3.8, 4) is 11.1 Å². The number of rotatable bonds is 4. The fraction of sp³-hybridized carbons (Fsp3) is 0.444. The topological polar surface area (TPSA) is 53.4 Å². The average molecular weight is 327 g/mol. The lowest BCUT2D eigenvalue weighted by Gasteiger charge is -2.19. The lowest BCUT2D eigenvalue weighted by Crippen LogP contribution is -2.36. The van der Waals surface area contributed by atoms with Crippen molar-refractivity contribution in [2.75, 3.05) is 45.1 Å². The SMILES string of the molecule is CN1CCCN(CC(=O)Nc2c(-c3ccccc3)cnn2C)CC1. The number of likely N-dealkylation sites (N-methyl/N-ethyl adjacent to an activating group) is 1. The Morgan fingerprint density at radius 1 is 1.12 bits per heavy atom. The van der Waals surface area contributed by atoms with E-state index in [2.05, 4.69) is 27.3 Å². The van der Waals surface area contributed by atoms with Crippen LogP contribution in [0.25, 0.3) is 11.1 Å². The van der Waals surface area contributed by atoms with Crippen LogP contribution >= 0.6 is 0 Å². The van der Waals surface area contributed by atoms with Gasteiger partial charge in [-0.2, -0.15) is 5.10 Å². The van der Waals surface area contributed by atoms with Crippen LogP contribution in [0.2, 0.25) is 0 Å². The highest BCUT2D eigenvalue weighted by Crippen LogP contribution is 2.27. The van der Waals surface area contributed by atoms with E-state index in [1.807, 2.05) is 37.4 Å². The van der Waals surface area contributed by atoms with Gasteiger partial charge in [0.25, 0.3) is 0 Å². The highest BCUT2D eigenvalue weighted by Gasteiger charge is 2.18. The van der Waals surface area contributed by atoms with Gasteiger partial charge in [-0.3, -0.25) is 14.4 Å². The summed E-state index contributed by atoms with van der Waals surface area (Å²) >= 11 is 0. The second-order valence-corrected chi connectivity index (χ2v) is 6.38. The maximum atomic E-state index is 12.5. The molecule has 1 aliphatic rings. The summed E-state index contributed by atoms with van der Waals surface area (Å²) in [5, 5.41) is 7.34. The Balaban J connectivity index is 1.67. The molecule has 2 heterocycles. The van der Waals surface area contributed by atoms with Gasteiger partial charge < -0.3 is 10.2 Å². The van der Waals surface area contributed by atoms with E-state index in [4.69, 9.17) is 0 Å². The summed E-state index contributed by atoms with van der Waals surface area (Å²) in [4.78, 5) is 17.0. The van der Waals surface area contributed by atoms with Crippen LogP contribution in [0, 0.1) is 0 Å². The zero-order chi connectivity index (χ0) is 16.9. The number of aromatic nitrogens is 2. The van der Waals surface area contributed by atoms with Gasteiger partial charge in [-0.05, 0) is 32.1 Å². The fourth-order valence-corrected chi connectivity index (χ4v) is 3.05. The van der Waals surface area contributed by atoms with Crippen molar-refractivity contribution in [3.05, 3.63) is 36.5 Å². The van der Waals surface area contributed by atoms with Crippen LogP contribution in [-0.2, 0) is 11.8 Å². The number of carbonyl (C=O) groups is 1. The van der Waals surface area contributed by atoms with E-state index >= 15 is 0 Å². The summed E-state index contributed by atoms with van der Waals surface area (Å²) in [5.41, 5.74) is 2.00. The van der Waals surface area contributed by atoms with Gasteiger partial charge in [-0.1, -0.05) is 30.3 Å². The standard InChI is InChI=1S/C18H25N5O/c1-21-9-6-10-23(12-11-21)14-17(24)20-18-16(13-19-22(18)2)15-7-4-3-5-8-15/h3-5,7-8,13H,6,9-12,14H2,1-2H3,(H,20,24). The fourth-order valence-electron chi connectivity index (χ4n) is 3.05. The number of hydrogen-bond donors (Lipinski definition) is 1. The summed E-state index contributed by atoms with van der Waals surface area (Å²) in [5.74, 6) is 0.762. The van der Waals surface area contributed by atoms with E-state index in [1.165, 1.54) is 0 Å². The Kier molecular flexibility index (Phi) is 5.27. The molecule has 1 aromatic heterocycles. The highest BCUT2D eigenvalue weighted by atomic mass is 16.2. The monoisotopic (exact) mass is 327 g/mol. The Bertz CT molecular complexity index is 682. The molecule has 0 unspecified atom stereocenters. The molecule has 0 spiro atoms. The van der Waals surface area contributed by atoms with E-state index in [0.717, 1.165) is 49.5 Å². The van der Waals surface area contributed by atoms with Gasteiger partial charge >= 0.3 is 0 Å². The van der Waals surface area contributed by atoms with Crippen molar-refractivity contribution in [2.24, 2.45) is 7.05 Å². The third-order valence-electron chi connectivity index (χ3n) is 4.46. The first-order valence-corrected chi connectivity index (χ1v) is 8.41. The molecular formula is C18H25N5O. The summed E-state index contributed by atoms with van der Waals surface area (Å²) in [6, 6.07) is 10.0.